The summed E-state index contributed by atoms with van der Waals surface area (Å²) in [6.45, 7) is 1.25. The molecule has 0 aliphatic heterocycles. The largest absolute Gasteiger partial charge is 0.506 e. The fourth-order valence-electron chi connectivity index (χ4n) is 1.14. The van der Waals surface area contributed by atoms with Crippen LogP contribution in [0.15, 0.2) is 21.9 Å². The quantitative estimate of drug-likeness (QED) is 0.653. The summed E-state index contributed by atoms with van der Waals surface area (Å²) in [6, 6.07) is 1.29. The van der Waals surface area contributed by atoms with Crippen molar-refractivity contribution in [3.8, 4) is 5.75 Å². The number of hydrogen-bond acceptors (Lipinski definition) is 5. The number of rotatable bonds is 2. The van der Waals surface area contributed by atoms with Crippen LogP contribution in [0.2, 0.25) is 0 Å². The van der Waals surface area contributed by atoms with Crippen LogP contribution in [-0.2, 0) is 20.2 Å². The van der Waals surface area contributed by atoms with Crippen LogP contribution in [0.4, 0.5) is 0 Å². The Bertz CT molecular complexity index is 574. The van der Waals surface area contributed by atoms with Gasteiger partial charge in [-0.2, -0.15) is 16.8 Å². The molecule has 0 aromatic heterocycles. The summed E-state index contributed by atoms with van der Waals surface area (Å²) < 4.78 is 60.7. The van der Waals surface area contributed by atoms with Gasteiger partial charge in [0, 0.05) is 0 Å². The molecular weight excluding hydrogens is 260 g/mol. The minimum Gasteiger partial charge on any atom is -0.506 e. The molecule has 9 heteroatoms. The fourth-order valence-corrected chi connectivity index (χ4v) is 2.54. The van der Waals surface area contributed by atoms with Crippen molar-refractivity contribution in [2.24, 2.45) is 0 Å². The Balaban J connectivity index is 3.72. The van der Waals surface area contributed by atoms with E-state index in [1.54, 1.807) is 0 Å². The number of aromatic hydroxyl groups is 1. The highest BCUT2D eigenvalue weighted by Crippen LogP contribution is 2.28. The topological polar surface area (TPSA) is 129 Å². The molecule has 0 fully saturated rings. The van der Waals surface area contributed by atoms with Gasteiger partial charge >= 0.3 is 0 Å². The second kappa shape index (κ2) is 3.70. The summed E-state index contributed by atoms with van der Waals surface area (Å²) in [5.41, 5.74) is -0.0487. The highest BCUT2D eigenvalue weighted by atomic mass is 32.2. The molecule has 7 nitrogen and oxygen atoms in total. The first-order chi connectivity index (χ1) is 7.03. The Labute approximate surface area is 91.8 Å². The summed E-state index contributed by atoms with van der Waals surface area (Å²) in [5, 5.41) is 9.20. The molecule has 0 bridgehead atoms. The van der Waals surface area contributed by atoms with Crippen LogP contribution in [0, 0.1) is 6.92 Å². The smallest absolute Gasteiger partial charge is 0.298 e. The van der Waals surface area contributed by atoms with Crippen molar-refractivity contribution in [3.05, 3.63) is 17.7 Å². The van der Waals surface area contributed by atoms with E-state index >= 15 is 0 Å². The third kappa shape index (κ3) is 2.50. The van der Waals surface area contributed by atoms with Gasteiger partial charge < -0.3 is 5.11 Å². The molecule has 0 saturated carbocycles. The Hall–Kier alpha value is -1.16. The average Bonchev–Trinajstić information content (AvgIpc) is 1.97. The van der Waals surface area contributed by atoms with Gasteiger partial charge in [-0.1, -0.05) is 0 Å². The lowest BCUT2D eigenvalue weighted by molar-refractivity contribution is 0.441. The molecule has 90 valence electrons. The van der Waals surface area contributed by atoms with Crippen molar-refractivity contribution in [2.45, 2.75) is 16.7 Å². The number of aryl methyl sites for hydroxylation is 1. The standard InChI is InChI=1S/C7H8O7S2/c1-4-2-5(8)7(16(12,13)14)3-6(4)15(9,10)11/h2-3,8H,1H3,(H,9,10,11)(H,12,13,14). The van der Waals surface area contributed by atoms with E-state index in [4.69, 9.17) is 9.11 Å². The summed E-state index contributed by atoms with van der Waals surface area (Å²) in [5.74, 6) is -0.799. The van der Waals surface area contributed by atoms with Crippen molar-refractivity contribution in [2.75, 3.05) is 0 Å². The van der Waals surface area contributed by atoms with E-state index in [0.29, 0.717) is 6.07 Å². The van der Waals surface area contributed by atoms with Crippen molar-refractivity contribution in [1.29, 1.82) is 0 Å². The molecule has 0 radical (unpaired) electrons. The molecule has 1 aromatic rings. The van der Waals surface area contributed by atoms with E-state index in [1.807, 2.05) is 0 Å². The lowest BCUT2D eigenvalue weighted by Crippen LogP contribution is -2.05. The maximum atomic E-state index is 10.8. The Kier molecular flexibility index (Phi) is 2.98. The van der Waals surface area contributed by atoms with Crippen molar-refractivity contribution in [1.82, 2.24) is 0 Å². The minimum atomic E-state index is -4.76. The zero-order valence-corrected chi connectivity index (χ0v) is 9.58. The number of phenolic OH excluding ortho intramolecular Hbond substituents is 1. The molecule has 0 saturated heterocycles. The van der Waals surface area contributed by atoms with E-state index in [0.717, 1.165) is 6.07 Å². The van der Waals surface area contributed by atoms with Crippen molar-refractivity contribution >= 4 is 20.2 Å². The van der Waals surface area contributed by atoms with Crippen LogP contribution in [-0.4, -0.2) is 31.0 Å². The second-order valence-electron chi connectivity index (χ2n) is 3.04. The molecule has 1 aromatic carbocycles. The van der Waals surface area contributed by atoms with Gasteiger partial charge in [-0.15, -0.1) is 0 Å². The molecule has 0 atom stereocenters. The van der Waals surface area contributed by atoms with Crippen LogP contribution >= 0.6 is 0 Å². The van der Waals surface area contributed by atoms with Crippen LogP contribution < -0.4 is 0 Å². The Morgan fingerprint density at radius 2 is 1.38 bits per heavy atom. The van der Waals surface area contributed by atoms with Gasteiger partial charge in [0.25, 0.3) is 20.2 Å². The summed E-state index contributed by atoms with van der Waals surface area (Å²) in [7, 11) is -9.38. The fraction of sp³-hybridized carbons (Fsp3) is 0.143. The van der Waals surface area contributed by atoms with E-state index in [1.165, 1.54) is 6.92 Å². The number of hydrogen-bond donors (Lipinski definition) is 3. The number of phenols is 1. The third-order valence-corrected chi connectivity index (χ3v) is 3.69. The molecule has 0 aliphatic carbocycles. The van der Waals surface area contributed by atoms with E-state index in [9.17, 15) is 21.9 Å². The molecule has 3 N–H and O–H groups in total. The molecule has 1 rings (SSSR count). The SMILES string of the molecule is Cc1cc(O)c(S(=O)(=O)O)cc1S(=O)(=O)O. The minimum absolute atomic E-state index is 0.0487. The molecule has 16 heavy (non-hydrogen) atoms. The third-order valence-electron chi connectivity index (χ3n) is 1.81. The molecule has 0 heterocycles. The maximum absolute atomic E-state index is 10.8. The molecule has 0 aliphatic rings. The lowest BCUT2D eigenvalue weighted by atomic mass is 10.2. The van der Waals surface area contributed by atoms with E-state index < -0.39 is 35.8 Å². The molecule has 0 amide bonds. The van der Waals surface area contributed by atoms with Gasteiger partial charge in [0.1, 0.15) is 10.6 Å². The maximum Gasteiger partial charge on any atom is 0.298 e. The van der Waals surface area contributed by atoms with Crippen LogP contribution in [0.25, 0.3) is 0 Å². The van der Waals surface area contributed by atoms with Crippen LogP contribution in [0.1, 0.15) is 5.56 Å². The molecular formula is C7H8O7S2. The predicted octanol–water partition coefficient (Wildman–Crippen LogP) is 0.194. The summed E-state index contributed by atoms with van der Waals surface area (Å²) >= 11 is 0. The predicted molar refractivity (Wildman–Crippen MR) is 52.5 cm³/mol. The molecule has 0 spiro atoms. The number of benzene rings is 1. The van der Waals surface area contributed by atoms with Crippen molar-refractivity contribution in [3.63, 3.8) is 0 Å². The van der Waals surface area contributed by atoms with Gasteiger partial charge in [0.2, 0.25) is 0 Å². The highest BCUT2D eigenvalue weighted by molar-refractivity contribution is 7.86. The van der Waals surface area contributed by atoms with Crippen LogP contribution in [0.3, 0.4) is 0 Å². The summed E-state index contributed by atoms with van der Waals surface area (Å²) in [6.07, 6.45) is 0. The second-order valence-corrected chi connectivity index (χ2v) is 5.82. The average molecular weight is 268 g/mol. The van der Waals surface area contributed by atoms with E-state index in [2.05, 4.69) is 0 Å². The first-order valence-corrected chi connectivity index (χ1v) is 6.70. The van der Waals surface area contributed by atoms with Gasteiger partial charge in [-0.25, -0.2) is 0 Å². The van der Waals surface area contributed by atoms with Gasteiger partial charge in [0.05, 0.1) is 4.90 Å². The monoisotopic (exact) mass is 268 g/mol. The van der Waals surface area contributed by atoms with E-state index in [-0.39, 0.29) is 5.56 Å². The zero-order valence-electron chi connectivity index (χ0n) is 7.95. The van der Waals surface area contributed by atoms with Gasteiger partial charge in [0.15, 0.2) is 0 Å². The normalized spacial score (nSPS) is 12.7. The first-order valence-electron chi connectivity index (χ1n) is 3.82. The zero-order chi connectivity index (χ0) is 12.7. The lowest BCUT2D eigenvalue weighted by Gasteiger charge is -2.06. The van der Waals surface area contributed by atoms with Crippen molar-refractivity contribution < 1.29 is 31.0 Å². The summed E-state index contributed by atoms with van der Waals surface area (Å²) in [4.78, 5) is -1.68. The Morgan fingerprint density at radius 1 is 0.938 bits per heavy atom. The van der Waals surface area contributed by atoms with Crippen LogP contribution in [0.5, 0.6) is 5.75 Å². The van der Waals surface area contributed by atoms with Gasteiger partial charge in [-0.05, 0) is 24.6 Å². The van der Waals surface area contributed by atoms with Gasteiger partial charge in [-0.3, -0.25) is 9.11 Å². The highest BCUT2D eigenvalue weighted by Gasteiger charge is 2.22. The Morgan fingerprint density at radius 3 is 1.75 bits per heavy atom. The molecule has 0 unspecified atom stereocenters. The first kappa shape index (κ1) is 12.9.